The molecular formula is C4H4F10NO4PS2. The minimum absolute atomic E-state index is 0. The minimum atomic E-state index is -7.49. The maximum Gasteiger partial charge on any atom is 0.471 e. The van der Waals surface area contributed by atoms with E-state index >= 15 is 0 Å². The summed E-state index contributed by atoms with van der Waals surface area (Å²) in [5, 5.41) is -13.9. The molecule has 0 radical (unpaired) electrons. The van der Waals surface area contributed by atoms with Gasteiger partial charge in [0.25, 0.3) is 20.0 Å². The lowest BCUT2D eigenvalue weighted by molar-refractivity contribution is -0.242. The Hall–Kier alpha value is -0.410. The molecule has 0 amide bonds. The molecule has 0 fully saturated rings. The van der Waals surface area contributed by atoms with Crippen LogP contribution in [0.5, 0.6) is 0 Å². The second kappa shape index (κ2) is 5.90. The largest absolute Gasteiger partial charge is 0.471 e. The average molecular weight is 415 g/mol. The van der Waals surface area contributed by atoms with Crippen LogP contribution in [-0.4, -0.2) is 39.7 Å². The highest BCUT2D eigenvalue weighted by Crippen LogP contribution is 2.42. The zero-order valence-electron chi connectivity index (χ0n) is 9.44. The van der Waals surface area contributed by atoms with Gasteiger partial charge in [0.2, 0.25) is 0 Å². The van der Waals surface area contributed by atoms with Crippen LogP contribution in [0.4, 0.5) is 43.9 Å². The van der Waals surface area contributed by atoms with E-state index in [1.54, 1.807) is 0 Å². The van der Waals surface area contributed by atoms with Crippen LogP contribution in [0.15, 0.2) is 0 Å². The molecule has 0 aromatic carbocycles. The van der Waals surface area contributed by atoms with E-state index in [-0.39, 0.29) is 9.90 Å². The summed E-state index contributed by atoms with van der Waals surface area (Å²) in [6.45, 7) is 0. The van der Waals surface area contributed by atoms with Crippen molar-refractivity contribution in [3.63, 3.8) is 0 Å². The summed E-state index contributed by atoms with van der Waals surface area (Å²) in [5.74, 6) is 0. The van der Waals surface area contributed by atoms with Gasteiger partial charge in [-0.1, -0.05) is 4.13 Å². The van der Waals surface area contributed by atoms with Gasteiger partial charge in [-0.15, -0.1) is 0 Å². The van der Waals surface area contributed by atoms with E-state index in [9.17, 15) is 60.7 Å². The lowest BCUT2D eigenvalue weighted by atomic mass is 10.7. The summed E-state index contributed by atoms with van der Waals surface area (Å²) >= 11 is 0. The van der Waals surface area contributed by atoms with Gasteiger partial charge in [0.1, 0.15) is 0 Å². The van der Waals surface area contributed by atoms with Crippen LogP contribution in [-0.2, 0) is 20.0 Å². The third-order valence-corrected chi connectivity index (χ3v) is 5.12. The van der Waals surface area contributed by atoms with E-state index in [1.807, 2.05) is 0 Å². The van der Waals surface area contributed by atoms with Crippen LogP contribution in [0.25, 0.3) is 0 Å². The van der Waals surface area contributed by atoms with Crippen molar-refractivity contribution in [3.05, 3.63) is 0 Å². The number of hydrogen-bond acceptors (Lipinski definition) is 4. The lowest BCUT2D eigenvalue weighted by Crippen LogP contribution is -2.57. The highest BCUT2D eigenvalue weighted by Gasteiger charge is 2.73. The van der Waals surface area contributed by atoms with Crippen molar-refractivity contribution in [1.82, 2.24) is 4.13 Å². The molecule has 1 atom stereocenters. The molecule has 0 aromatic rings. The molecule has 0 aliphatic rings. The molecule has 1 N–H and O–H groups in total. The van der Waals surface area contributed by atoms with Crippen LogP contribution in [0, 0.1) is 0 Å². The van der Waals surface area contributed by atoms with Crippen molar-refractivity contribution < 1.29 is 60.7 Å². The Bertz CT molecular complexity index is 550. The molecule has 0 spiro atoms. The summed E-state index contributed by atoms with van der Waals surface area (Å²) in [6.07, 6.45) is -13.9. The third-order valence-electron chi connectivity index (χ3n) is 1.55. The Labute approximate surface area is 118 Å². The summed E-state index contributed by atoms with van der Waals surface area (Å²) in [6, 6.07) is 0. The van der Waals surface area contributed by atoms with E-state index in [2.05, 4.69) is 0 Å². The number of hydrogen-bond donors (Lipinski definition) is 1. The highest BCUT2D eigenvalue weighted by molar-refractivity contribution is 8.05. The Kier molecular flexibility index (Phi) is 6.40. The first-order chi connectivity index (χ1) is 8.71. The number of rotatable bonds is 4. The molecule has 0 heterocycles. The lowest BCUT2D eigenvalue weighted by Gasteiger charge is -2.23. The van der Waals surface area contributed by atoms with Gasteiger partial charge in [-0.3, -0.25) is 0 Å². The van der Waals surface area contributed by atoms with Crippen molar-refractivity contribution in [3.8, 4) is 0 Å². The molecule has 0 bridgehead atoms. The Morgan fingerprint density at radius 3 is 0.864 bits per heavy atom. The maximum atomic E-state index is 12.4. The second-order valence-corrected chi connectivity index (χ2v) is 6.83. The first kappa shape index (κ1) is 23.9. The van der Waals surface area contributed by atoms with Crippen molar-refractivity contribution in [2.45, 2.75) is 22.9 Å². The van der Waals surface area contributed by atoms with Gasteiger partial charge in [-0.25, -0.2) is 16.8 Å². The van der Waals surface area contributed by atoms with Crippen LogP contribution in [0.1, 0.15) is 0 Å². The van der Waals surface area contributed by atoms with Gasteiger partial charge in [0.05, 0.1) is 0 Å². The van der Waals surface area contributed by atoms with Crippen LogP contribution >= 0.6 is 9.90 Å². The molecule has 18 heteroatoms. The molecule has 5 nitrogen and oxygen atoms in total. The summed E-state index contributed by atoms with van der Waals surface area (Å²) in [4.78, 5) is 0. The minimum Gasteiger partial charge on any atom is -0.205 e. The van der Waals surface area contributed by atoms with Gasteiger partial charge in [-0.05, 0) is 0 Å². The van der Waals surface area contributed by atoms with Gasteiger partial charge in [0, 0.05) is 0 Å². The smallest absolute Gasteiger partial charge is 0.205 e. The standard InChI is InChI=1S/C4HF10NO4S2.H3P/c5-1(6,7)3(11,12)20(16,17)15-21(18,19)4(13,14)2(8,9)10;/h15H;1H3. The molecule has 136 valence electrons. The fraction of sp³-hybridized carbons (Fsp3) is 1.00. The molecular weight excluding hydrogens is 411 g/mol. The number of sulfonamides is 2. The van der Waals surface area contributed by atoms with Crippen LogP contribution < -0.4 is 4.13 Å². The molecule has 0 aliphatic carbocycles. The van der Waals surface area contributed by atoms with Gasteiger partial charge in [0.15, 0.2) is 0 Å². The SMILES string of the molecule is O=S(=O)(NS(=O)(=O)C(F)(F)C(F)(F)F)C(F)(F)C(F)(F)F.P. The molecule has 0 saturated heterocycles. The Morgan fingerprint density at radius 2 is 0.727 bits per heavy atom. The van der Waals surface area contributed by atoms with Crippen LogP contribution in [0.3, 0.4) is 0 Å². The van der Waals surface area contributed by atoms with Crippen molar-refractivity contribution in [2.75, 3.05) is 0 Å². The predicted molar refractivity (Wildman–Crippen MR) is 54.1 cm³/mol. The molecule has 0 saturated carbocycles. The molecule has 22 heavy (non-hydrogen) atoms. The van der Waals surface area contributed by atoms with Gasteiger partial charge in [-0.2, -0.15) is 53.8 Å². The first-order valence-corrected chi connectivity index (χ1v) is 6.84. The second-order valence-electron chi connectivity index (χ2n) is 3.12. The van der Waals surface area contributed by atoms with E-state index < -0.39 is 47.0 Å². The zero-order chi connectivity index (χ0) is 17.7. The number of halogens is 10. The summed E-state index contributed by atoms with van der Waals surface area (Å²) in [5.41, 5.74) is 0. The summed E-state index contributed by atoms with van der Waals surface area (Å²) in [7, 11) is -15.0. The monoisotopic (exact) mass is 415 g/mol. The normalized spacial score (nSPS) is 15.4. The Morgan fingerprint density at radius 1 is 0.545 bits per heavy atom. The third kappa shape index (κ3) is 3.91. The van der Waals surface area contributed by atoms with Crippen molar-refractivity contribution in [2.24, 2.45) is 0 Å². The van der Waals surface area contributed by atoms with E-state index in [1.165, 1.54) is 0 Å². The van der Waals surface area contributed by atoms with E-state index in [0.29, 0.717) is 0 Å². The first-order valence-electron chi connectivity index (χ1n) is 3.87. The van der Waals surface area contributed by atoms with Gasteiger partial charge >= 0.3 is 22.9 Å². The van der Waals surface area contributed by atoms with Crippen molar-refractivity contribution in [1.29, 1.82) is 0 Å². The highest BCUT2D eigenvalue weighted by atomic mass is 32.3. The van der Waals surface area contributed by atoms with Crippen LogP contribution in [0.2, 0.25) is 0 Å². The zero-order valence-corrected chi connectivity index (χ0v) is 12.5. The van der Waals surface area contributed by atoms with Gasteiger partial charge < -0.3 is 0 Å². The quantitative estimate of drug-likeness (QED) is 0.559. The predicted octanol–water partition coefficient (Wildman–Crippen LogP) is 1.60. The number of nitrogens with one attached hydrogen (secondary N) is 1. The van der Waals surface area contributed by atoms with Crippen molar-refractivity contribution >= 4 is 29.9 Å². The molecule has 1 unspecified atom stereocenters. The average Bonchev–Trinajstić information content (AvgIpc) is 2.11. The molecule has 0 aliphatic heterocycles. The molecule has 0 aromatic heterocycles. The fourth-order valence-electron chi connectivity index (χ4n) is 0.554. The summed E-state index contributed by atoms with van der Waals surface area (Å²) < 4.78 is 160. The topological polar surface area (TPSA) is 80.3 Å². The molecule has 0 rings (SSSR count). The fourth-order valence-corrected chi connectivity index (χ4v) is 3.16. The van der Waals surface area contributed by atoms with E-state index in [0.717, 1.165) is 0 Å². The Balaban J connectivity index is 0. The maximum absolute atomic E-state index is 12.4. The van der Waals surface area contributed by atoms with E-state index in [4.69, 9.17) is 0 Å². The number of alkyl halides is 10.